The van der Waals surface area contributed by atoms with Crippen LogP contribution < -0.4 is 19.9 Å². The number of rotatable bonds is 4. The molecule has 4 atom stereocenters. The highest BCUT2D eigenvalue weighted by Gasteiger charge is 2.50. The molecule has 1 aromatic carbocycles. The van der Waals surface area contributed by atoms with E-state index in [9.17, 15) is 14.7 Å². The summed E-state index contributed by atoms with van der Waals surface area (Å²) in [5.74, 6) is -2.01. The Labute approximate surface area is 131 Å². The number of amides is 1. The van der Waals surface area contributed by atoms with E-state index in [1.165, 1.54) is 0 Å². The largest absolute Gasteiger partial charge is 0.550 e. The van der Waals surface area contributed by atoms with Crippen LogP contribution in [0.3, 0.4) is 0 Å². The number of carbonyl (C=O) groups is 2. The molecule has 0 aliphatic carbocycles. The normalized spacial score (nSPS) is 29.7. The van der Waals surface area contributed by atoms with Crippen LogP contribution in [0.25, 0.3) is 0 Å². The van der Waals surface area contributed by atoms with Gasteiger partial charge in [-0.2, -0.15) is 0 Å². The zero-order valence-electron chi connectivity index (χ0n) is 12.1. The lowest BCUT2D eigenvalue weighted by molar-refractivity contribution is -0.313. The Morgan fingerprint density at radius 1 is 1.13 bits per heavy atom. The van der Waals surface area contributed by atoms with Crippen molar-refractivity contribution in [2.45, 2.75) is 18.8 Å². The van der Waals surface area contributed by atoms with E-state index in [2.05, 4.69) is 5.32 Å². The van der Waals surface area contributed by atoms with Gasteiger partial charge in [0.15, 0.2) is 11.5 Å². The lowest BCUT2D eigenvalue weighted by Crippen LogP contribution is -2.46. The van der Waals surface area contributed by atoms with Crippen LogP contribution in [0.1, 0.15) is 5.56 Å². The molecule has 0 radical (unpaired) electrons. The highest BCUT2D eigenvalue weighted by atomic mass is 16.7. The predicted molar refractivity (Wildman–Crippen MR) is 74.2 cm³/mol. The topological polar surface area (TPSA) is 96.9 Å². The van der Waals surface area contributed by atoms with Crippen LogP contribution in [0.5, 0.6) is 11.5 Å². The molecule has 0 aromatic heterocycles. The Hall–Kier alpha value is -2.54. The third-order valence-corrected chi connectivity index (χ3v) is 4.38. The molecule has 1 N–H and O–H groups in total. The quantitative estimate of drug-likeness (QED) is 0.742. The molecule has 3 heterocycles. The Kier molecular flexibility index (Phi) is 3.23. The molecule has 1 saturated heterocycles. The number of carbonyl (C=O) groups excluding carboxylic acids is 2. The van der Waals surface area contributed by atoms with E-state index < -0.39 is 30.0 Å². The first-order valence-electron chi connectivity index (χ1n) is 7.34. The van der Waals surface area contributed by atoms with Gasteiger partial charge in [-0.1, -0.05) is 18.2 Å². The summed E-state index contributed by atoms with van der Waals surface area (Å²) >= 11 is 0. The van der Waals surface area contributed by atoms with Gasteiger partial charge in [0.05, 0.1) is 18.1 Å². The minimum absolute atomic E-state index is 0.188. The molecule has 1 aromatic rings. The van der Waals surface area contributed by atoms with Crippen molar-refractivity contribution in [2.75, 3.05) is 6.79 Å². The van der Waals surface area contributed by atoms with E-state index in [-0.39, 0.29) is 19.2 Å². The molecular formula is C16H14NO6-. The molecule has 7 nitrogen and oxygen atoms in total. The highest BCUT2D eigenvalue weighted by Crippen LogP contribution is 2.39. The Morgan fingerprint density at radius 2 is 1.87 bits per heavy atom. The smallest absolute Gasteiger partial charge is 0.231 e. The second-order valence-corrected chi connectivity index (χ2v) is 5.73. The fraction of sp³-hybridized carbons (Fsp3) is 0.375. The van der Waals surface area contributed by atoms with Gasteiger partial charge in [0.2, 0.25) is 12.7 Å². The van der Waals surface area contributed by atoms with Crippen molar-refractivity contribution in [3.8, 4) is 11.5 Å². The number of fused-ring (bicyclic) bond motifs is 3. The number of ether oxygens (including phenoxy) is 3. The Bertz CT molecular complexity index is 700. The van der Waals surface area contributed by atoms with Crippen LogP contribution in [0.4, 0.5) is 0 Å². The summed E-state index contributed by atoms with van der Waals surface area (Å²) in [5.41, 5.74) is 0.840. The first-order chi connectivity index (χ1) is 11.1. The molecule has 23 heavy (non-hydrogen) atoms. The minimum atomic E-state index is -1.26. The number of carboxylic acids is 1. The zero-order chi connectivity index (χ0) is 16.0. The van der Waals surface area contributed by atoms with Gasteiger partial charge in [0.1, 0.15) is 0 Å². The highest BCUT2D eigenvalue weighted by molar-refractivity contribution is 5.86. The molecule has 2 bridgehead atoms. The predicted octanol–water partition coefficient (Wildman–Crippen LogP) is -0.649. The van der Waals surface area contributed by atoms with Gasteiger partial charge >= 0.3 is 0 Å². The molecular weight excluding hydrogens is 302 g/mol. The maximum atomic E-state index is 12.4. The van der Waals surface area contributed by atoms with Gasteiger partial charge < -0.3 is 29.4 Å². The van der Waals surface area contributed by atoms with E-state index >= 15 is 0 Å². The van der Waals surface area contributed by atoms with Crippen molar-refractivity contribution in [2.24, 2.45) is 11.8 Å². The van der Waals surface area contributed by atoms with Crippen LogP contribution in [-0.2, 0) is 20.9 Å². The maximum absolute atomic E-state index is 12.4. The number of nitrogens with one attached hydrogen (secondary N) is 1. The third kappa shape index (κ3) is 2.33. The summed E-state index contributed by atoms with van der Waals surface area (Å²) in [5, 5.41) is 14.0. The van der Waals surface area contributed by atoms with Crippen molar-refractivity contribution >= 4 is 11.9 Å². The first-order valence-corrected chi connectivity index (χ1v) is 7.34. The molecule has 1 fully saturated rings. The van der Waals surface area contributed by atoms with E-state index in [4.69, 9.17) is 14.2 Å². The van der Waals surface area contributed by atoms with Crippen molar-refractivity contribution < 1.29 is 28.9 Å². The summed E-state index contributed by atoms with van der Waals surface area (Å²) < 4.78 is 16.0. The first kappa shape index (κ1) is 14.1. The summed E-state index contributed by atoms with van der Waals surface area (Å²) in [4.78, 5) is 23.7. The van der Waals surface area contributed by atoms with E-state index in [1.54, 1.807) is 24.3 Å². The molecule has 4 rings (SSSR count). The number of hydrogen-bond donors (Lipinski definition) is 1. The van der Waals surface area contributed by atoms with Crippen LogP contribution in [0, 0.1) is 11.8 Å². The molecule has 7 heteroatoms. The molecule has 0 unspecified atom stereocenters. The van der Waals surface area contributed by atoms with Crippen molar-refractivity contribution in [3.05, 3.63) is 35.9 Å². The van der Waals surface area contributed by atoms with E-state index in [1.807, 2.05) is 6.07 Å². The van der Waals surface area contributed by atoms with Gasteiger partial charge in [-0.3, -0.25) is 4.79 Å². The fourth-order valence-corrected chi connectivity index (χ4v) is 3.26. The molecule has 1 amide bonds. The third-order valence-electron chi connectivity index (χ3n) is 4.38. The second-order valence-electron chi connectivity index (χ2n) is 5.73. The lowest BCUT2D eigenvalue weighted by Gasteiger charge is -2.25. The summed E-state index contributed by atoms with van der Waals surface area (Å²) in [6.45, 7) is 0.458. The van der Waals surface area contributed by atoms with Gasteiger partial charge in [-0.15, -0.1) is 0 Å². The summed E-state index contributed by atoms with van der Waals surface area (Å²) in [6, 6.07) is 5.38. The molecule has 3 aliphatic rings. The number of hydrogen-bond acceptors (Lipinski definition) is 6. The molecule has 0 saturated carbocycles. The summed E-state index contributed by atoms with van der Waals surface area (Å²) in [6.07, 6.45) is 2.33. The maximum Gasteiger partial charge on any atom is 0.231 e. The molecule has 0 spiro atoms. The average molecular weight is 316 g/mol. The van der Waals surface area contributed by atoms with E-state index in [0.29, 0.717) is 11.5 Å². The van der Waals surface area contributed by atoms with E-state index in [0.717, 1.165) is 5.56 Å². The van der Waals surface area contributed by atoms with Crippen LogP contribution in [-0.4, -0.2) is 30.9 Å². The standard InChI is InChI=1S/C16H15NO6/c18-15(13-10-3-4-11(23-10)14(13)16(19)20)17-6-8-1-2-9-12(5-8)22-7-21-9/h1-5,10-11,13-14H,6-7H2,(H,17,18)(H,19,20)/p-1/t10-,11+,13-,14-/m0/s1. The van der Waals surface area contributed by atoms with Gasteiger partial charge in [0.25, 0.3) is 0 Å². The summed E-state index contributed by atoms with van der Waals surface area (Å²) in [7, 11) is 0. The minimum Gasteiger partial charge on any atom is -0.550 e. The second kappa shape index (κ2) is 5.27. The van der Waals surface area contributed by atoms with Crippen molar-refractivity contribution in [1.29, 1.82) is 0 Å². The fourth-order valence-electron chi connectivity index (χ4n) is 3.26. The number of benzene rings is 1. The van der Waals surface area contributed by atoms with Gasteiger partial charge in [-0.05, 0) is 17.7 Å². The Morgan fingerprint density at radius 3 is 2.65 bits per heavy atom. The van der Waals surface area contributed by atoms with Crippen LogP contribution in [0.15, 0.2) is 30.4 Å². The van der Waals surface area contributed by atoms with Crippen LogP contribution >= 0.6 is 0 Å². The van der Waals surface area contributed by atoms with Crippen molar-refractivity contribution in [1.82, 2.24) is 5.32 Å². The zero-order valence-corrected chi connectivity index (χ0v) is 12.1. The molecule has 120 valence electrons. The SMILES string of the molecule is O=C(NCc1ccc2c(c1)OCO2)[C@@H]1[C@@H](C(=O)[O-])[C@H]2C=C[C@@H]1O2. The number of aliphatic carboxylic acids is 1. The molecule has 3 aliphatic heterocycles. The average Bonchev–Trinajstić information content (AvgIpc) is 3.25. The van der Waals surface area contributed by atoms with Gasteiger partial charge in [-0.25, -0.2) is 0 Å². The monoisotopic (exact) mass is 316 g/mol. The lowest BCUT2D eigenvalue weighted by atomic mass is 9.82. The van der Waals surface area contributed by atoms with Gasteiger partial charge in [0, 0.05) is 18.4 Å². The van der Waals surface area contributed by atoms with Crippen LogP contribution in [0.2, 0.25) is 0 Å². The number of carboxylic acid groups (broad SMARTS) is 1. The van der Waals surface area contributed by atoms with Crippen molar-refractivity contribution in [3.63, 3.8) is 0 Å². The Balaban J connectivity index is 1.44.